The summed E-state index contributed by atoms with van der Waals surface area (Å²) in [5.74, 6) is 1.20. The van der Waals surface area contributed by atoms with Crippen LogP contribution in [-0.2, 0) is 4.79 Å². The molecule has 3 nitrogen and oxygen atoms in total. The van der Waals surface area contributed by atoms with Crippen LogP contribution in [0.3, 0.4) is 0 Å². The molecule has 17 heavy (non-hydrogen) atoms. The third-order valence-corrected chi connectivity index (χ3v) is 4.21. The van der Waals surface area contributed by atoms with Crippen molar-refractivity contribution in [1.82, 2.24) is 0 Å². The predicted octanol–water partition coefficient (Wildman–Crippen LogP) is 3.03. The van der Waals surface area contributed by atoms with Crippen LogP contribution in [0, 0.1) is 17.8 Å². The van der Waals surface area contributed by atoms with E-state index in [9.17, 15) is 4.79 Å². The average molecular weight is 241 g/mol. The van der Waals surface area contributed by atoms with E-state index >= 15 is 0 Å². The van der Waals surface area contributed by atoms with E-state index in [1.807, 2.05) is 0 Å². The predicted molar refractivity (Wildman–Crippen MR) is 69.7 cm³/mol. The highest BCUT2D eigenvalue weighted by Crippen LogP contribution is 2.34. The minimum Gasteiger partial charge on any atom is -0.481 e. The van der Waals surface area contributed by atoms with Gasteiger partial charge in [0, 0.05) is 6.04 Å². The SMILES string of the molecule is CCC(CC(C)CC1CCC1)C(N)CC(=O)O. The lowest BCUT2D eigenvalue weighted by Crippen LogP contribution is -2.33. The zero-order valence-corrected chi connectivity index (χ0v) is 11.2. The van der Waals surface area contributed by atoms with E-state index in [2.05, 4.69) is 13.8 Å². The molecule has 1 fully saturated rings. The van der Waals surface area contributed by atoms with Crippen LogP contribution in [0.25, 0.3) is 0 Å². The molecule has 0 aromatic heterocycles. The zero-order chi connectivity index (χ0) is 12.8. The maximum absolute atomic E-state index is 10.7. The van der Waals surface area contributed by atoms with Gasteiger partial charge in [-0.15, -0.1) is 0 Å². The molecule has 100 valence electrons. The third kappa shape index (κ3) is 5.07. The van der Waals surface area contributed by atoms with Crippen molar-refractivity contribution in [2.75, 3.05) is 0 Å². The smallest absolute Gasteiger partial charge is 0.304 e. The third-order valence-electron chi connectivity index (χ3n) is 4.21. The summed E-state index contributed by atoms with van der Waals surface area (Å²) in [5.41, 5.74) is 5.97. The number of hydrogen-bond acceptors (Lipinski definition) is 2. The molecule has 3 heteroatoms. The van der Waals surface area contributed by atoms with E-state index in [1.165, 1.54) is 25.7 Å². The van der Waals surface area contributed by atoms with Crippen molar-refractivity contribution >= 4 is 5.97 Å². The summed E-state index contributed by atoms with van der Waals surface area (Å²) < 4.78 is 0. The highest BCUT2D eigenvalue weighted by Gasteiger charge is 2.24. The fourth-order valence-corrected chi connectivity index (χ4v) is 2.92. The number of carboxylic acids is 1. The Morgan fingerprint density at radius 1 is 1.47 bits per heavy atom. The molecule has 0 bridgehead atoms. The van der Waals surface area contributed by atoms with E-state index in [0.29, 0.717) is 11.8 Å². The molecule has 3 unspecified atom stereocenters. The maximum Gasteiger partial charge on any atom is 0.304 e. The molecule has 1 saturated carbocycles. The Bertz CT molecular complexity index is 238. The number of aliphatic carboxylic acids is 1. The van der Waals surface area contributed by atoms with Crippen molar-refractivity contribution in [3.8, 4) is 0 Å². The molecule has 0 amide bonds. The van der Waals surface area contributed by atoms with Gasteiger partial charge < -0.3 is 10.8 Å². The van der Waals surface area contributed by atoms with Crippen LogP contribution in [-0.4, -0.2) is 17.1 Å². The second-order valence-corrected chi connectivity index (χ2v) is 5.80. The maximum atomic E-state index is 10.7. The first-order valence-electron chi connectivity index (χ1n) is 7.00. The summed E-state index contributed by atoms with van der Waals surface area (Å²) in [6.45, 7) is 4.40. The van der Waals surface area contributed by atoms with Crippen LogP contribution in [0.15, 0.2) is 0 Å². The summed E-state index contributed by atoms with van der Waals surface area (Å²) in [7, 11) is 0. The molecule has 3 N–H and O–H groups in total. The van der Waals surface area contributed by atoms with Gasteiger partial charge in [-0.1, -0.05) is 39.5 Å². The monoisotopic (exact) mass is 241 g/mol. The van der Waals surface area contributed by atoms with Crippen LogP contribution in [0.2, 0.25) is 0 Å². The lowest BCUT2D eigenvalue weighted by atomic mass is 9.76. The average Bonchev–Trinajstić information content (AvgIpc) is 2.19. The topological polar surface area (TPSA) is 63.3 Å². The van der Waals surface area contributed by atoms with Gasteiger partial charge in [0.15, 0.2) is 0 Å². The lowest BCUT2D eigenvalue weighted by molar-refractivity contribution is -0.137. The summed E-state index contributed by atoms with van der Waals surface area (Å²) >= 11 is 0. The van der Waals surface area contributed by atoms with Gasteiger partial charge in [-0.25, -0.2) is 0 Å². The molecule has 1 aliphatic carbocycles. The first-order valence-corrected chi connectivity index (χ1v) is 7.00. The van der Waals surface area contributed by atoms with E-state index in [0.717, 1.165) is 18.8 Å². The van der Waals surface area contributed by atoms with Crippen molar-refractivity contribution in [2.45, 2.75) is 64.8 Å². The Hall–Kier alpha value is -0.570. The Morgan fingerprint density at radius 2 is 2.12 bits per heavy atom. The Morgan fingerprint density at radius 3 is 2.53 bits per heavy atom. The molecule has 1 aliphatic rings. The molecule has 1 rings (SSSR count). The van der Waals surface area contributed by atoms with Gasteiger partial charge in [0.2, 0.25) is 0 Å². The van der Waals surface area contributed by atoms with Gasteiger partial charge in [-0.2, -0.15) is 0 Å². The first kappa shape index (κ1) is 14.5. The summed E-state index contributed by atoms with van der Waals surface area (Å²) in [6.07, 6.45) is 7.66. The quantitative estimate of drug-likeness (QED) is 0.686. The molecule has 0 radical (unpaired) electrons. The number of carboxylic acid groups (broad SMARTS) is 1. The summed E-state index contributed by atoms with van der Waals surface area (Å²) in [4.78, 5) is 10.7. The molecule has 0 aliphatic heterocycles. The number of carbonyl (C=O) groups is 1. The van der Waals surface area contributed by atoms with Crippen LogP contribution >= 0.6 is 0 Å². The first-order chi connectivity index (χ1) is 8.02. The molecule has 0 aromatic carbocycles. The van der Waals surface area contributed by atoms with E-state index < -0.39 is 5.97 Å². The van der Waals surface area contributed by atoms with Crippen LogP contribution in [0.5, 0.6) is 0 Å². The molecule has 3 atom stereocenters. The largest absolute Gasteiger partial charge is 0.481 e. The minimum absolute atomic E-state index is 0.106. The zero-order valence-electron chi connectivity index (χ0n) is 11.2. The highest BCUT2D eigenvalue weighted by molar-refractivity contribution is 5.67. The minimum atomic E-state index is -0.775. The Labute approximate surface area is 105 Å². The lowest BCUT2D eigenvalue weighted by Gasteiger charge is -2.31. The number of hydrogen-bond donors (Lipinski definition) is 2. The summed E-state index contributed by atoms with van der Waals surface area (Å²) in [5, 5.41) is 8.78. The second-order valence-electron chi connectivity index (χ2n) is 5.80. The van der Waals surface area contributed by atoms with E-state index in [-0.39, 0.29) is 12.5 Å². The molecule has 0 spiro atoms. The van der Waals surface area contributed by atoms with E-state index in [4.69, 9.17) is 10.8 Å². The summed E-state index contributed by atoms with van der Waals surface area (Å²) in [6, 6.07) is -0.179. The van der Waals surface area contributed by atoms with Gasteiger partial charge >= 0.3 is 5.97 Å². The van der Waals surface area contributed by atoms with Gasteiger partial charge in [0.05, 0.1) is 6.42 Å². The van der Waals surface area contributed by atoms with Gasteiger partial charge in [0.1, 0.15) is 0 Å². The molecule has 0 heterocycles. The van der Waals surface area contributed by atoms with Crippen molar-refractivity contribution < 1.29 is 9.90 Å². The highest BCUT2D eigenvalue weighted by atomic mass is 16.4. The van der Waals surface area contributed by atoms with Crippen LogP contribution in [0.1, 0.15) is 58.8 Å². The van der Waals surface area contributed by atoms with Crippen molar-refractivity contribution in [3.63, 3.8) is 0 Å². The van der Waals surface area contributed by atoms with E-state index in [1.54, 1.807) is 0 Å². The van der Waals surface area contributed by atoms with Crippen LogP contribution < -0.4 is 5.73 Å². The van der Waals surface area contributed by atoms with Crippen LogP contribution in [0.4, 0.5) is 0 Å². The molecular formula is C14H27NO2. The molecule has 0 saturated heterocycles. The standard InChI is InChI=1S/C14H27NO2/c1-3-12(13(15)9-14(16)17)8-10(2)7-11-5-4-6-11/h10-13H,3-9,15H2,1-2H3,(H,16,17). The normalized spacial score (nSPS) is 21.6. The van der Waals surface area contributed by atoms with Crippen molar-refractivity contribution in [3.05, 3.63) is 0 Å². The Kier molecular flexibility index (Phi) is 5.96. The molecular weight excluding hydrogens is 214 g/mol. The fraction of sp³-hybridized carbons (Fsp3) is 0.929. The van der Waals surface area contributed by atoms with Gasteiger partial charge in [0.25, 0.3) is 0 Å². The van der Waals surface area contributed by atoms with Gasteiger partial charge in [-0.05, 0) is 30.6 Å². The number of rotatable bonds is 8. The fourth-order valence-electron chi connectivity index (χ4n) is 2.92. The second kappa shape index (κ2) is 7.00. The van der Waals surface area contributed by atoms with Gasteiger partial charge in [-0.3, -0.25) is 4.79 Å². The number of nitrogens with two attached hydrogens (primary N) is 1. The van der Waals surface area contributed by atoms with Crippen molar-refractivity contribution in [2.24, 2.45) is 23.5 Å². The van der Waals surface area contributed by atoms with Crippen molar-refractivity contribution in [1.29, 1.82) is 0 Å². The molecule has 0 aromatic rings. The Balaban J connectivity index is 2.30.